The van der Waals surface area contributed by atoms with Crippen molar-refractivity contribution in [2.45, 2.75) is 11.6 Å². The summed E-state index contributed by atoms with van der Waals surface area (Å²) in [6.07, 6.45) is 0.271. The van der Waals surface area contributed by atoms with E-state index in [4.69, 9.17) is 11.6 Å². The highest BCUT2D eigenvalue weighted by atomic mass is 35.5. The molecule has 10 heteroatoms. The molecule has 0 saturated heterocycles. The van der Waals surface area contributed by atoms with Crippen LogP contribution in [0.25, 0.3) is 11.2 Å². The number of nitrogens with zero attached hydrogens (tertiary/aromatic N) is 4. The molecule has 3 aromatic rings. The van der Waals surface area contributed by atoms with Gasteiger partial charge < -0.3 is 9.88 Å². The smallest absolute Gasteiger partial charge is 0.326 e. The van der Waals surface area contributed by atoms with Gasteiger partial charge in [0.15, 0.2) is 16.3 Å². The van der Waals surface area contributed by atoms with E-state index in [0.29, 0.717) is 27.3 Å². The summed E-state index contributed by atoms with van der Waals surface area (Å²) in [4.78, 5) is 40.8. The fourth-order valence-corrected chi connectivity index (χ4v) is 3.71. The quantitative estimate of drug-likeness (QED) is 0.650. The van der Waals surface area contributed by atoms with E-state index < -0.39 is 11.2 Å². The molecule has 2 heterocycles. The van der Waals surface area contributed by atoms with Crippen molar-refractivity contribution in [2.24, 2.45) is 21.1 Å². The number of thioether (sulfide) groups is 1. The van der Waals surface area contributed by atoms with Gasteiger partial charge in [-0.1, -0.05) is 23.4 Å². The Bertz CT molecular complexity index is 1130. The Balaban J connectivity index is 1.71. The second-order valence-electron chi connectivity index (χ2n) is 5.98. The van der Waals surface area contributed by atoms with Crippen molar-refractivity contribution < 1.29 is 4.79 Å². The number of carbonyl (C=O) groups is 1. The highest BCUT2D eigenvalue weighted by Gasteiger charge is 2.17. The Kier molecular flexibility index (Phi) is 5.43. The summed E-state index contributed by atoms with van der Waals surface area (Å²) in [6, 6.07) is 6.87. The molecule has 0 saturated carbocycles. The van der Waals surface area contributed by atoms with Crippen LogP contribution in [-0.4, -0.2) is 30.3 Å². The number of halogens is 1. The fraction of sp³-hybridized carbons (Fsp3) is 0.294. The van der Waals surface area contributed by atoms with Crippen molar-refractivity contribution in [3.63, 3.8) is 0 Å². The number of aryl methyl sites for hydroxylation is 2. The maximum Gasteiger partial charge on any atom is 0.332 e. The summed E-state index contributed by atoms with van der Waals surface area (Å²) in [5.41, 5.74) is 0.521. The third kappa shape index (κ3) is 3.79. The van der Waals surface area contributed by atoms with E-state index in [-0.39, 0.29) is 17.8 Å². The van der Waals surface area contributed by atoms with Crippen molar-refractivity contribution in [1.29, 1.82) is 0 Å². The SMILES string of the molecule is Cn1c(=O)c2nc(SCCC(=O)Nc3ccc(Cl)cc3)n(C)c2n(C)c1=O. The van der Waals surface area contributed by atoms with Crippen LogP contribution >= 0.6 is 23.4 Å². The first kappa shape index (κ1) is 19.2. The summed E-state index contributed by atoms with van der Waals surface area (Å²) in [5.74, 6) is 0.345. The normalized spacial score (nSPS) is 11.1. The standard InChI is InChI=1S/C17H18ClN5O3S/c1-21-14-13(15(25)23(3)17(26)22(14)2)20-16(21)27-9-8-12(24)19-11-6-4-10(18)5-7-11/h4-7H,8-9H2,1-3H3,(H,19,24). The van der Waals surface area contributed by atoms with Crippen LogP contribution < -0.4 is 16.6 Å². The molecular weight excluding hydrogens is 390 g/mol. The zero-order valence-electron chi connectivity index (χ0n) is 15.0. The van der Waals surface area contributed by atoms with Gasteiger partial charge in [0.2, 0.25) is 5.91 Å². The third-order valence-corrected chi connectivity index (χ3v) is 5.39. The van der Waals surface area contributed by atoms with E-state index in [2.05, 4.69) is 10.3 Å². The van der Waals surface area contributed by atoms with Gasteiger partial charge in [0.25, 0.3) is 5.56 Å². The number of amides is 1. The van der Waals surface area contributed by atoms with E-state index in [1.54, 1.807) is 42.9 Å². The number of fused-ring (bicyclic) bond motifs is 1. The number of benzene rings is 1. The number of aromatic nitrogens is 4. The van der Waals surface area contributed by atoms with E-state index in [0.717, 1.165) is 4.57 Å². The van der Waals surface area contributed by atoms with Crippen LogP contribution in [0.4, 0.5) is 5.69 Å². The minimum Gasteiger partial charge on any atom is -0.326 e. The molecule has 1 amide bonds. The average Bonchev–Trinajstić information content (AvgIpc) is 2.97. The molecule has 0 aliphatic carbocycles. The number of carbonyl (C=O) groups excluding carboxylic acids is 1. The molecular formula is C17H18ClN5O3S. The molecule has 0 spiro atoms. The van der Waals surface area contributed by atoms with Gasteiger partial charge in [-0.2, -0.15) is 0 Å². The maximum absolute atomic E-state index is 12.3. The lowest BCUT2D eigenvalue weighted by molar-refractivity contribution is -0.115. The van der Waals surface area contributed by atoms with Gasteiger partial charge in [0, 0.05) is 44.0 Å². The van der Waals surface area contributed by atoms with Crippen LogP contribution in [0.1, 0.15) is 6.42 Å². The summed E-state index contributed by atoms with van der Waals surface area (Å²) in [7, 11) is 4.76. The van der Waals surface area contributed by atoms with Gasteiger partial charge >= 0.3 is 5.69 Å². The molecule has 2 aromatic heterocycles. The minimum absolute atomic E-state index is 0.132. The zero-order valence-corrected chi connectivity index (χ0v) is 16.6. The largest absolute Gasteiger partial charge is 0.332 e. The van der Waals surface area contributed by atoms with Crippen molar-refractivity contribution in [2.75, 3.05) is 11.1 Å². The van der Waals surface area contributed by atoms with Gasteiger partial charge in [-0.15, -0.1) is 0 Å². The Labute approximate surface area is 163 Å². The molecule has 8 nitrogen and oxygen atoms in total. The topological polar surface area (TPSA) is 90.9 Å². The molecule has 0 bridgehead atoms. The number of imidazole rings is 1. The number of hydrogen-bond donors (Lipinski definition) is 1. The summed E-state index contributed by atoms with van der Waals surface area (Å²) < 4.78 is 4.12. The number of nitrogens with one attached hydrogen (secondary N) is 1. The fourth-order valence-electron chi connectivity index (χ4n) is 2.68. The molecule has 27 heavy (non-hydrogen) atoms. The van der Waals surface area contributed by atoms with Crippen LogP contribution in [0.5, 0.6) is 0 Å². The Morgan fingerprint density at radius 2 is 1.78 bits per heavy atom. The summed E-state index contributed by atoms with van der Waals surface area (Å²) >= 11 is 7.17. The number of rotatable bonds is 5. The molecule has 1 N–H and O–H groups in total. The van der Waals surface area contributed by atoms with Crippen LogP contribution in [0.15, 0.2) is 39.0 Å². The molecule has 0 aliphatic heterocycles. The minimum atomic E-state index is -0.434. The Hall–Kier alpha value is -2.52. The van der Waals surface area contributed by atoms with Crippen molar-refractivity contribution in [1.82, 2.24) is 18.7 Å². The van der Waals surface area contributed by atoms with Crippen molar-refractivity contribution in [3.8, 4) is 0 Å². The van der Waals surface area contributed by atoms with E-state index in [1.165, 1.54) is 23.4 Å². The molecule has 3 rings (SSSR count). The van der Waals surface area contributed by atoms with Crippen LogP contribution in [0, 0.1) is 0 Å². The third-order valence-electron chi connectivity index (χ3n) is 4.11. The second kappa shape index (κ2) is 7.61. The van der Waals surface area contributed by atoms with E-state index in [1.807, 2.05) is 0 Å². The summed E-state index contributed by atoms with van der Waals surface area (Å²) in [5, 5.41) is 3.97. The van der Waals surface area contributed by atoms with E-state index in [9.17, 15) is 14.4 Å². The van der Waals surface area contributed by atoms with Crippen molar-refractivity contribution in [3.05, 3.63) is 50.1 Å². The van der Waals surface area contributed by atoms with Crippen LogP contribution in [0.2, 0.25) is 5.02 Å². The molecule has 1 aromatic carbocycles. The Morgan fingerprint density at radius 3 is 2.44 bits per heavy atom. The monoisotopic (exact) mass is 407 g/mol. The van der Waals surface area contributed by atoms with Gasteiger partial charge in [-0.25, -0.2) is 9.78 Å². The molecule has 0 aliphatic rings. The number of hydrogen-bond acceptors (Lipinski definition) is 5. The highest BCUT2D eigenvalue weighted by molar-refractivity contribution is 7.99. The maximum atomic E-state index is 12.3. The highest BCUT2D eigenvalue weighted by Crippen LogP contribution is 2.21. The summed E-state index contributed by atoms with van der Waals surface area (Å²) in [6.45, 7) is 0. The average molecular weight is 408 g/mol. The predicted octanol–water partition coefficient (Wildman–Crippen LogP) is 1.74. The first-order valence-electron chi connectivity index (χ1n) is 8.10. The first-order valence-corrected chi connectivity index (χ1v) is 9.46. The van der Waals surface area contributed by atoms with Crippen LogP contribution in [-0.2, 0) is 25.9 Å². The van der Waals surface area contributed by atoms with Gasteiger partial charge in [0.1, 0.15) is 0 Å². The van der Waals surface area contributed by atoms with Crippen LogP contribution in [0.3, 0.4) is 0 Å². The Morgan fingerprint density at radius 1 is 1.11 bits per heavy atom. The molecule has 0 fully saturated rings. The van der Waals surface area contributed by atoms with Gasteiger partial charge in [0.05, 0.1) is 0 Å². The molecule has 142 valence electrons. The molecule has 0 radical (unpaired) electrons. The predicted molar refractivity (Wildman–Crippen MR) is 107 cm³/mol. The first-order chi connectivity index (χ1) is 12.8. The van der Waals surface area contributed by atoms with Gasteiger partial charge in [-0.3, -0.25) is 18.7 Å². The zero-order chi connectivity index (χ0) is 19.7. The lowest BCUT2D eigenvalue weighted by atomic mass is 10.3. The van der Waals surface area contributed by atoms with E-state index >= 15 is 0 Å². The number of anilines is 1. The second-order valence-corrected chi connectivity index (χ2v) is 7.48. The molecule has 0 unspecified atom stereocenters. The van der Waals surface area contributed by atoms with Gasteiger partial charge in [-0.05, 0) is 24.3 Å². The molecule has 0 atom stereocenters. The lowest BCUT2D eigenvalue weighted by Gasteiger charge is -2.06. The van der Waals surface area contributed by atoms with Crippen molar-refractivity contribution >= 4 is 46.1 Å². The lowest BCUT2D eigenvalue weighted by Crippen LogP contribution is -2.37.